The zero-order chi connectivity index (χ0) is 8.72. The van der Waals surface area contributed by atoms with Crippen molar-refractivity contribution in [3.8, 4) is 0 Å². The molecule has 0 aromatic heterocycles. The van der Waals surface area contributed by atoms with Gasteiger partial charge in [-0.05, 0) is 36.0 Å². The Morgan fingerprint density at radius 2 is 1.67 bits per heavy atom. The van der Waals surface area contributed by atoms with E-state index in [4.69, 9.17) is 0 Å². The van der Waals surface area contributed by atoms with E-state index in [-0.39, 0.29) is 0 Å². The Bertz CT molecular complexity index is 161. The predicted octanol–water partition coefficient (Wildman–Crippen LogP) is 3.71. The lowest BCUT2D eigenvalue weighted by molar-refractivity contribution is 0.158. The largest absolute Gasteiger partial charge is 0.0622 e. The summed E-state index contributed by atoms with van der Waals surface area (Å²) < 4.78 is 0. The van der Waals surface area contributed by atoms with Gasteiger partial charge in [-0.1, -0.05) is 40.0 Å². The van der Waals surface area contributed by atoms with Gasteiger partial charge in [-0.3, -0.25) is 0 Å². The maximum Gasteiger partial charge on any atom is -0.0332 e. The van der Waals surface area contributed by atoms with E-state index in [1.165, 1.54) is 25.7 Å². The summed E-state index contributed by atoms with van der Waals surface area (Å²) in [5.74, 6) is 5.20. The van der Waals surface area contributed by atoms with E-state index in [2.05, 4.69) is 20.8 Å². The van der Waals surface area contributed by atoms with Crippen molar-refractivity contribution in [3.05, 3.63) is 0 Å². The van der Waals surface area contributed by atoms with E-state index >= 15 is 0 Å². The Labute approximate surface area is 76.7 Å². The van der Waals surface area contributed by atoms with Crippen molar-refractivity contribution in [1.82, 2.24) is 0 Å². The van der Waals surface area contributed by atoms with Crippen molar-refractivity contribution in [2.24, 2.45) is 29.6 Å². The first kappa shape index (κ1) is 8.59. The summed E-state index contributed by atoms with van der Waals surface area (Å²) in [6, 6.07) is 0. The maximum absolute atomic E-state index is 2.48. The molecule has 0 aliphatic heterocycles. The summed E-state index contributed by atoms with van der Waals surface area (Å²) in [5.41, 5.74) is 0. The van der Waals surface area contributed by atoms with Crippen LogP contribution in [-0.4, -0.2) is 0 Å². The van der Waals surface area contributed by atoms with Gasteiger partial charge < -0.3 is 0 Å². The normalized spacial score (nSPS) is 53.8. The zero-order valence-corrected chi connectivity index (χ0v) is 8.72. The smallest absolute Gasteiger partial charge is 0.0332 e. The van der Waals surface area contributed by atoms with Gasteiger partial charge in [0.25, 0.3) is 0 Å². The molecule has 2 aliphatic rings. The molecule has 0 amide bonds. The third kappa shape index (κ3) is 1.20. The van der Waals surface area contributed by atoms with Gasteiger partial charge in [0.2, 0.25) is 0 Å². The topological polar surface area (TPSA) is 0 Å². The summed E-state index contributed by atoms with van der Waals surface area (Å²) in [4.78, 5) is 0. The standard InChI is InChI=1S/C12H22/c1-8-5-4-6-11-7-9(2)10(3)12(8)11/h8-12H,4-7H2,1-3H3. The second-order valence-electron chi connectivity index (χ2n) is 5.32. The average Bonchev–Trinajstić information content (AvgIpc) is 2.29. The first-order chi connectivity index (χ1) is 5.70. The molecule has 0 aromatic rings. The molecule has 0 radical (unpaired) electrons. The summed E-state index contributed by atoms with van der Waals surface area (Å²) in [7, 11) is 0. The van der Waals surface area contributed by atoms with Crippen LogP contribution >= 0.6 is 0 Å². The molecular formula is C12H22. The van der Waals surface area contributed by atoms with Gasteiger partial charge in [0.05, 0.1) is 0 Å². The Hall–Kier alpha value is 0. The van der Waals surface area contributed by atoms with Gasteiger partial charge >= 0.3 is 0 Å². The predicted molar refractivity (Wildman–Crippen MR) is 52.9 cm³/mol. The highest BCUT2D eigenvalue weighted by Gasteiger charge is 2.42. The summed E-state index contributed by atoms with van der Waals surface area (Å²) >= 11 is 0. The van der Waals surface area contributed by atoms with Crippen LogP contribution in [0.25, 0.3) is 0 Å². The Kier molecular flexibility index (Phi) is 2.18. The summed E-state index contributed by atoms with van der Waals surface area (Å²) in [6.07, 6.45) is 6.06. The van der Waals surface area contributed by atoms with Crippen LogP contribution in [0.4, 0.5) is 0 Å². The van der Waals surface area contributed by atoms with E-state index in [0.717, 1.165) is 29.6 Å². The lowest BCUT2D eigenvalue weighted by atomic mass is 9.72. The van der Waals surface area contributed by atoms with Gasteiger partial charge in [0, 0.05) is 0 Å². The van der Waals surface area contributed by atoms with E-state index in [9.17, 15) is 0 Å². The molecule has 0 spiro atoms. The van der Waals surface area contributed by atoms with Crippen LogP contribution < -0.4 is 0 Å². The van der Waals surface area contributed by atoms with Gasteiger partial charge in [-0.25, -0.2) is 0 Å². The minimum absolute atomic E-state index is 1.00. The molecule has 2 rings (SSSR count). The number of hydrogen-bond acceptors (Lipinski definition) is 0. The Morgan fingerprint density at radius 3 is 2.33 bits per heavy atom. The van der Waals surface area contributed by atoms with Crippen LogP contribution in [0.3, 0.4) is 0 Å². The second kappa shape index (κ2) is 3.05. The monoisotopic (exact) mass is 166 g/mol. The van der Waals surface area contributed by atoms with Crippen LogP contribution in [0.5, 0.6) is 0 Å². The Balaban J connectivity index is 2.12. The molecule has 0 saturated heterocycles. The van der Waals surface area contributed by atoms with Crippen LogP contribution in [0.15, 0.2) is 0 Å². The third-order valence-electron chi connectivity index (χ3n) is 4.62. The number of hydrogen-bond donors (Lipinski definition) is 0. The molecular weight excluding hydrogens is 144 g/mol. The SMILES string of the molecule is CC1CC2CCCC(C)C2C1C. The van der Waals surface area contributed by atoms with Crippen LogP contribution in [0, 0.1) is 29.6 Å². The molecule has 0 nitrogen and oxygen atoms in total. The molecule has 0 aromatic carbocycles. The number of fused-ring (bicyclic) bond motifs is 1. The summed E-state index contributed by atoms with van der Waals surface area (Å²) in [6.45, 7) is 7.41. The molecule has 12 heavy (non-hydrogen) atoms. The van der Waals surface area contributed by atoms with Crippen LogP contribution in [0.1, 0.15) is 46.5 Å². The summed E-state index contributed by atoms with van der Waals surface area (Å²) in [5, 5.41) is 0. The molecule has 0 bridgehead atoms. The van der Waals surface area contributed by atoms with Crippen molar-refractivity contribution in [1.29, 1.82) is 0 Å². The highest BCUT2D eigenvalue weighted by molar-refractivity contribution is 4.91. The van der Waals surface area contributed by atoms with Gasteiger partial charge in [0.15, 0.2) is 0 Å². The highest BCUT2D eigenvalue weighted by Crippen LogP contribution is 2.50. The molecule has 0 heteroatoms. The van der Waals surface area contributed by atoms with Gasteiger partial charge in [-0.15, -0.1) is 0 Å². The first-order valence-electron chi connectivity index (χ1n) is 5.70. The lowest BCUT2D eigenvalue weighted by Gasteiger charge is -2.34. The van der Waals surface area contributed by atoms with Gasteiger partial charge in [-0.2, -0.15) is 0 Å². The van der Waals surface area contributed by atoms with E-state index in [1.807, 2.05) is 0 Å². The minimum atomic E-state index is 1.00. The maximum atomic E-state index is 2.48. The van der Waals surface area contributed by atoms with Crippen LogP contribution in [-0.2, 0) is 0 Å². The lowest BCUT2D eigenvalue weighted by Crippen LogP contribution is -2.26. The van der Waals surface area contributed by atoms with E-state index < -0.39 is 0 Å². The number of rotatable bonds is 0. The third-order valence-corrected chi connectivity index (χ3v) is 4.62. The molecule has 70 valence electrons. The van der Waals surface area contributed by atoms with Crippen molar-refractivity contribution < 1.29 is 0 Å². The minimum Gasteiger partial charge on any atom is -0.0622 e. The van der Waals surface area contributed by atoms with Crippen molar-refractivity contribution in [3.63, 3.8) is 0 Å². The van der Waals surface area contributed by atoms with Crippen molar-refractivity contribution in [2.45, 2.75) is 46.5 Å². The van der Waals surface area contributed by atoms with E-state index in [0.29, 0.717) is 0 Å². The molecule has 5 atom stereocenters. The molecule has 0 heterocycles. The molecule has 0 N–H and O–H groups in total. The quantitative estimate of drug-likeness (QED) is 0.514. The average molecular weight is 166 g/mol. The highest BCUT2D eigenvalue weighted by atomic mass is 14.5. The molecule has 2 aliphatic carbocycles. The van der Waals surface area contributed by atoms with Crippen molar-refractivity contribution in [2.75, 3.05) is 0 Å². The fourth-order valence-corrected chi connectivity index (χ4v) is 3.85. The fraction of sp³-hybridized carbons (Fsp3) is 1.00. The van der Waals surface area contributed by atoms with Crippen LogP contribution in [0.2, 0.25) is 0 Å². The fourth-order valence-electron chi connectivity index (χ4n) is 3.85. The zero-order valence-electron chi connectivity index (χ0n) is 8.72. The van der Waals surface area contributed by atoms with Gasteiger partial charge in [0.1, 0.15) is 0 Å². The Morgan fingerprint density at radius 1 is 0.917 bits per heavy atom. The first-order valence-corrected chi connectivity index (χ1v) is 5.70. The molecule has 2 saturated carbocycles. The van der Waals surface area contributed by atoms with Crippen molar-refractivity contribution >= 4 is 0 Å². The van der Waals surface area contributed by atoms with E-state index in [1.54, 1.807) is 0 Å². The molecule has 5 unspecified atom stereocenters. The molecule has 2 fully saturated rings. The second-order valence-corrected chi connectivity index (χ2v) is 5.32.